The van der Waals surface area contributed by atoms with E-state index in [-0.39, 0.29) is 0 Å². The number of methoxy groups -OCH3 is 1. The van der Waals surface area contributed by atoms with Crippen molar-refractivity contribution in [1.29, 1.82) is 0 Å². The standard InChI is InChI=1S/C16H26O3.C2H6/c1-3-4-13-19-16-9-7-15(8-10-16)14-18-12-6-5-11-17-2;1-2/h7-10H,3-6,11-14H2,1-2H3;1-2H3. The van der Waals surface area contributed by atoms with Crippen LogP contribution in [0.3, 0.4) is 0 Å². The maximum Gasteiger partial charge on any atom is 0.119 e. The van der Waals surface area contributed by atoms with Crippen LogP contribution in [0.15, 0.2) is 24.3 Å². The zero-order chi connectivity index (χ0) is 15.8. The van der Waals surface area contributed by atoms with Crippen molar-refractivity contribution in [3.63, 3.8) is 0 Å². The molecule has 0 saturated carbocycles. The molecule has 21 heavy (non-hydrogen) atoms. The van der Waals surface area contributed by atoms with Crippen LogP contribution in [0.5, 0.6) is 5.75 Å². The second kappa shape index (κ2) is 15.3. The topological polar surface area (TPSA) is 27.7 Å². The van der Waals surface area contributed by atoms with Crippen LogP contribution < -0.4 is 4.74 Å². The molecule has 0 fully saturated rings. The summed E-state index contributed by atoms with van der Waals surface area (Å²) in [5.74, 6) is 0.942. The van der Waals surface area contributed by atoms with Gasteiger partial charge < -0.3 is 14.2 Å². The molecule has 0 aliphatic rings. The third-order valence-electron chi connectivity index (χ3n) is 2.85. The highest BCUT2D eigenvalue weighted by Gasteiger charge is 1.96. The van der Waals surface area contributed by atoms with Crippen LogP contribution in [0.4, 0.5) is 0 Å². The van der Waals surface area contributed by atoms with Gasteiger partial charge in [0, 0.05) is 20.3 Å². The molecule has 122 valence electrons. The Balaban J connectivity index is 0.00000191. The summed E-state index contributed by atoms with van der Waals surface area (Å²) in [6.07, 6.45) is 4.37. The third kappa shape index (κ3) is 11.3. The van der Waals surface area contributed by atoms with Crippen molar-refractivity contribution in [3.8, 4) is 5.75 Å². The minimum absolute atomic E-state index is 0.669. The highest BCUT2D eigenvalue weighted by atomic mass is 16.5. The summed E-state index contributed by atoms with van der Waals surface area (Å²) >= 11 is 0. The van der Waals surface area contributed by atoms with Crippen molar-refractivity contribution in [3.05, 3.63) is 29.8 Å². The molecular formula is C18H32O3. The quantitative estimate of drug-likeness (QED) is 0.547. The van der Waals surface area contributed by atoms with Crippen molar-refractivity contribution < 1.29 is 14.2 Å². The Bertz CT molecular complexity index is 309. The van der Waals surface area contributed by atoms with Crippen LogP contribution in [0.1, 0.15) is 52.0 Å². The lowest BCUT2D eigenvalue weighted by Crippen LogP contribution is -1.99. The molecule has 0 amide bonds. The Hall–Kier alpha value is -1.06. The van der Waals surface area contributed by atoms with Crippen molar-refractivity contribution in [2.45, 2.75) is 53.1 Å². The van der Waals surface area contributed by atoms with E-state index in [1.54, 1.807) is 7.11 Å². The molecule has 0 bridgehead atoms. The lowest BCUT2D eigenvalue weighted by molar-refractivity contribution is 0.108. The number of unbranched alkanes of at least 4 members (excludes halogenated alkanes) is 2. The first-order valence-electron chi connectivity index (χ1n) is 8.15. The maximum atomic E-state index is 5.62. The van der Waals surface area contributed by atoms with Crippen LogP contribution in [-0.4, -0.2) is 26.9 Å². The molecule has 0 saturated heterocycles. The van der Waals surface area contributed by atoms with Gasteiger partial charge in [0.1, 0.15) is 5.75 Å². The second-order valence-corrected chi connectivity index (χ2v) is 4.60. The second-order valence-electron chi connectivity index (χ2n) is 4.60. The number of hydrogen-bond acceptors (Lipinski definition) is 3. The van der Waals surface area contributed by atoms with E-state index in [0.29, 0.717) is 6.61 Å². The molecule has 0 heterocycles. The van der Waals surface area contributed by atoms with Crippen molar-refractivity contribution in [2.24, 2.45) is 0 Å². The van der Waals surface area contributed by atoms with Gasteiger partial charge in [-0.1, -0.05) is 39.3 Å². The summed E-state index contributed by atoms with van der Waals surface area (Å²) in [6.45, 7) is 9.23. The van der Waals surface area contributed by atoms with Crippen LogP contribution in [0, 0.1) is 0 Å². The SMILES string of the molecule is CC.CCCCOc1ccc(COCCCCOC)cc1. The van der Waals surface area contributed by atoms with E-state index in [4.69, 9.17) is 14.2 Å². The lowest BCUT2D eigenvalue weighted by Gasteiger charge is -2.07. The van der Waals surface area contributed by atoms with Crippen LogP contribution in [0.25, 0.3) is 0 Å². The van der Waals surface area contributed by atoms with Gasteiger partial charge in [0.25, 0.3) is 0 Å². The first kappa shape index (κ1) is 19.9. The van der Waals surface area contributed by atoms with Crippen molar-refractivity contribution in [2.75, 3.05) is 26.9 Å². The Labute approximate surface area is 130 Å². The maximum absolute atomic E-state index is 5.62. The van der Waals surface area contributed by atoms with Crippen LogP contribution in [-0.2, 0) is 16.1 Å². The van der Waals surface area contributed by atoms with Gasteiger partial charge >= 0.3 is 0 Å². The predicted octanol–water partition coefficient (Wildman–Crippen LogP) is 4.83. The molecule has 0 aliphatic heterocycles. The number of benzene rings is 1. The normalized spacial score (nSPS) is 9.90. The Morgan fingerprint density at radius 1 is 0.857 bits per heavy atom. The van der Waals surface area contributed by atoms with Gasteiger partial charge in [-0.25, -0.2) is 0 Å². The van der Waals surface area contributed by atoms with Gasteiger partial charge in [-0.05, 0) is 37.0 Å². The molecule has 0 aliphatic carbocycles. The molecule has 0 spiro atoms. The summed E-state index contributed by atoms with van der Waals surface area (Å²) in [5, 5.41) is 0. The Morgan fingerprint density at radius 2 is 1.52 bits per heavy atom. The van der Waals surface area contributed by atoms with E-state index in [2.05, 4.69) is 19.1 Å². The molecule has 0 unspecified atom stereocenters. The van der Waals surface area contributed by atoms with Crippen molar-refractivity contribution >= 4 is 0 Å². The third-order valence-corrected chi connectivity index (χ3v) is 2.85. The fourth-order valence-corrected chi connectivity index (χ4v) is 1.66. The lowest BCUT2D eigenvalue weighted by atomic mass is 10.2. The largest absolute Gasteiger partial charge is 0.494 e. The fraction of sp³-hybridized carbons (Fsp3) is 0.667. The predicted molar refractivity (Wildman–Crippen MR) is 89.0 cm³/mol. The molecule has 1 rings (SSSR count). The molecule has 0 N–H and O–H groups in total. The highest BCUT2D eigenvalue weighted by Crippen LogP contribution is 2.13. The molecule has 0 radical (unpaired) electrons. The first-order chi connectivity index (χ1) is 10.4. The van der Waals surface area contributed by atoms with Crippen LogP contribution >= 0.6 is 0 Å². The minimum Gasteiger partial charge on any atom is -0.494 e. The van der Waals surface area contributed by atoms with E-state index in [0.717, 1.165) is 51.3 Å². The van der Waals surface area contributed by atoms with E-state index in [9.17, 15) is 0 Å². The first-order valence-corrected chi connectivity index (χ1v) is 8.15. The molecule has 3 nitrogen and oxygen atoms in total. The number of ether oxygens (including phenoxy) is 3. The summed E-state index contributed by atoms with van der Waals surface area (Å²) in [5.41, 5.74) is 1.19. The zero-order valence-electron chi connectivity index (χ0n) is 14.2. The summed E-state index contributed by atoms with van der Waals surface area (Å²) in [6, 6.07) is 8.16. The zero-order valence-corrected chi connectivity index (χ0v) is 14.2. The number of hydrogen-bond donors (Lipinski definition) is 0. The number of rotatable bonds is 11. The van der Waals surface area contributed by atoms with E-state index < -0.39 is 0 Å². The summed E-state index contributed by atoms with van der Waals surface area (Å²) in [7, 11) is 1.73. The van der Waals surface area contributed by atoms with Gasteiger partial charge in [0.2, 0.25) is 0 Å². The monoisotopic (exact) mass is 296 g/mol. The molecule has 0 atom stereocenters. The van der Waals surface area contributed by atoms with Gasteiger partial charge in [-0.3, -0.25) is 0 Å². The van der Waals surface area contributed by atoms with Crippen LogP contribution in [0.2, 0.25) is 0 Å². The van der Waals surface area contributed by atoms with Gasteiger partial charge in [-0.2, -0.15) is 0 Å². The smallest absolute Gasteiger partial charge is 0.119 e. The molecule has 1 aromatic carbocycles. The van der Waals surface area contributed by atoms with Gasteiger partial charge in [0.15, 0.2) is 0 Å². The average Bonchev–Trinajstić information content (AvgIpc) is 2.54. The average molecular weight is 296 g/mol. The molecule has 3 heteroatoms. The van der Waals surface area contributed by atoms with Gasteiger partial charge in [0.05, 0.1) is 13.2 Å². The highest BCUT2D eigenvalue weighted by molar-refractivity contribution is 5.26. The minimum atomic E-state index is 0.669. The van der Waals surface area contributed by atoms with E-state index >= 15 is 0 Å². The molecule has 1 aromatic rings. The van der Waals surface area contributed by atoms with E-state index in [1.807, 2.05) is 26.0 Å². The summed E-state index contributed by atoms with van der Waals surface area (Å²) < 4.78 is 16.2. The fourth-order valence-electron chi connectivity index (χ4n) is 1.66. The Morgan fingerprint density at radius 3 is 2.14 bits per heavy atom. The van der Waals surface area contributed by atoms with E-state index in [1.165, 1.54) is 5.56 Å². The molecule has 0 aromatic heterocycles. The van der Waals surface area contributed by atoms with Gasteiger partial charge in [-0.15, -0.1) is 0 Å². The van der Waals surface area contributed by atoms with Crippen molar-refractivity contribution in [1.82, 2.24) is 0 Å². The Kier molecular flexibility index (Phi) is 14.6. The molecular weight excluding hydrogens is 264 g/mol. The summed E-state index contributed by atoms with van der Waals surface area (Å²) in [4.78, 5) is 0.